The number of ether oxygens (including phenoxy) is 1. The fourth-order valence-corrected chi connectivity index (χ4v) is 4.66. The van der Waals surface area contributed by atoms with Gasteiger partial charge in [-0.3, -0.25) is 9.59 Å². The van der Waals surface area contributed by atoms with Crippen LogP contribution in [0, 0.1) is 0 Å². The third-order valence-electron chi connectivity index (χ3n) is 6.18. The number of fused-ring (bicyclic) bond motifs is 1. The lowest BCUT2D eigenvalue weighted by molar-refractivity contribution is -0.117. The average molecular weight is 472 g/mol. The lowest BCUT2D eigenvalue weighted by atomic mass is 9.88. The molecule has 1 aliphatic heterocycles. The molecule has 0 bridgehead atoms. The Balaban J connectivity index is 1.71. The second-order valence-electron chi connectivity index (χ2n) is 8.78. The van der Waals surface area contributed by atoms with Gasteiger partial charge in [-0.05, 0) is 78.6 Å². The highest BCUT2D eigenvalue weighted by atomic mass is 16.5. The van der Waals surface area contributed by atoms with Gasteiger partial charge in [-0.1, -0.05) is 18.2 Å². The first-order chi connectivity index (χ1) is 16.8. The van der Waals surface area contributed by atoms with Crippen LogP contribution in [0.25, 0.3) is 11.1 Å². The summed E-state index contributed by atoms with van der Waals surface area (Å²) in [6, 6.07) is 20.9. The van der Waals surface area contributed by atoms with E-state index >= 15 is 0 Å². The number of anilines is 3. The number of methoxy groups -OCH3 is 1. The van der Waals surface area contributed by atoms with Crippen LogP contribution in [-0.4, -0.2) is 30.9 Å². The van der Waals surface area contributed by atoms with E-state index in [1.54, 1.807) is 19.1 Å². The molecule has 0 aliphatic carbocycles. The van der Waals surface area contributed by atoms with Crippen molar-refractivity contribution in [2.75, 3.05) is 22.6 Å². The number of amides is 2. The van der Waals surface area contributed by atoms with E-state index in [2.05, 4.69) is 16.7 Å². The summed E-state index contributed by atoms with van der Waals surface area (Å²) in [7, 11) is 1.36. The Morgan fingerprint density at radius 2 is 1.63 bits per heavy atom. The fourth-order valence-electron chi connectivity index (χ4n) is 4.66. The maximum absolute atomic E-state index is 12.5. The number of nitrogens with one attached hydrogen (secondary N) is 2. The van der Waals surface area contributed by atoms with Crippen molar-refractivity contribution in [3.05, 3.63) is 77.9 Å². The fraction of sp³-hybridized carbons (Fsp3) is 0.250. The van der Waals surface area contributed by atoms with E-state index in [1.807, 2.05) is 60.4 Å². The Bertz CT molecular complexity index is 1270. The molecule has 3 aromatic rings. The summed E-state index contributed by atoms with van der Waals surface area (Å²) >= 11 is 0. The van der Waals surface area contributed by atoms with Gasteiger partial charge in [0.1, 0.15) is 0 Å². The van der Waals surface area contributed by atoms with E-state index in [-0.39, 0.29) is 29.9 Å². The highest BCUT2D eigenvalue weighted by Crippen LogP contribution is 2.41. The van der Waals surface area contributed by atoms with Gasteiger partial charge >= 0.3 is 5.97 Å². The van der Waals surface area contributed by atoms with Gasteiger partial charge in [0.15, 0.2) is 0 Å². The number of esters is 1. The minimum Gasteiger partial charge on any atom is -0.465 e. The van der Waals surface area contributed by atoms with Gasteiger partial charge < -0.3 is 20.3 Å². The van der Waals surface area contributed by atoms with Crippen molar-refractivity contribution in [3.8, 4) is 11.1 Å². The van der Waals surface area contributed by atoms with E-state index in [4.69, 9.17) is 4.74 Å². The van der Waals surface area contributed by atoms with Crippen LogP contribution in [0.4, 0.5) is 17.1 Å². The van der Waals surface area contributed by atoms with Crippen LogP contribution >= 0.6 is 0 Å². The number of hydrogen-bond acceptors (Lipinski definition) is 5. The standard InChI is InChI=1S/C28H29N3O4/c1-17-14-26(30-23-11-8-20(9-12-23)28(34)35-4)25-16-22(10-13-27(25)31(17)19(3)33)21-6-5-7-24(15-21)29-18(2)32/h5-13,15-17,26,30H,14H2,1-4H3,(H,29,32)/t17-,26+/m0/s1. The Labute approximate surface area is 205 Å². The van der Waals surface area contributed by atoms with Crippen molar-refractivity contribution in [2.45, 2.75) is 39.3 Å². The highest BCUT2D eigenvalue weighted by Gasteiger charge is 2.32. The summed E-state index contributed by atoms with van der Waals surface area (Å²) in [5, 5.41) is 6.41. The Hall–Kier alpha value is -4.13. The zero-order chi connectivity index (χ0) is 25.1. The normalized spacial score (nSPS) is 16.7. The molecule has 180 valence electrons. The minimum atomic E-state index is -0.378. The van der Waals surface area contributed by atoms with Crippen molar-refractivity contribution in [1.29, 1.82) is 0 Å². The molecule has 1 aliphatic rings. The lowest BCUT2D eigenvalue weighted by Crippen LogP contribution is -2.43. The van der Waals surface area contributed by atoms with E-state index in [0.717, 1.165) is 40.2 Å². The second-order valence-corrected chi connectivity index (χ2v) is 8.78. The molecular formula is C28H29N3O4. The Kier molecular flexibility index (Phi) is 6.87. The quantitative estimate of drug-likeness (QED) is 0.487. The molecule has 0 saturated carbocycles. The van der Waals surface area contributed by atoms with Gasteiger partial charge in [-0.15, -0.1) is 0 Å². The average Bonchev–Trinajstić information content (AvgIpc) is 2.83. The molecule has 7 nitrogen and oxygen atoms in total. The van der Waals surface area contributed by atoms with Gasteiger partial charge in [0, 0.05) is 37.0 Å². The molecule has 0 fully saturated rings. The Morgan fingerprint density at radius 1 is 0.914 bits per heavy atom. The molecular weight excluding hydrogens is 442 g/mol. The smallest absolute Gasteiger partial charge is 0.337 e. The predicted octanol–water partition coefficient (Wildman–Crippen LogP) is 5.40. The summed E-state index contributed by atoms with van der Waals surface area (Å²) in [5.74, 6) is -0.502. The SMILES string of the molecule is COC(=O)c1ccc(N[C@@H]2C[C@H](C)N(C(C)=O)c3ccc(-c4cccc(NC(C)=O)c4)cc32)cc1. The molecule has 4 rings (SSSR count). The van der Waals surface area contributed by atoms with Crippen LogP contribution in [0.15, 0.2) is 66.7 Å². The number of hydrogen-bond donors (Lipinski definition) is 2. The summed E-state index contributed by atoms with van der Waals surface area (Å²) in [6.07, 6.45) is 0.723. The summed E-state index contributed by atoms with van der Waals surface area (Å²) in [4.78, 5) is 37.6. The Morgan fingerprint density at radius 3 is 2.29 bits per heavy atom. The van der Waals surface area contributed by atoms with E-state index < -0.39 is 0 Å². The second kappa shape index (κ2) is 10.0. The number of nitrogens with zero attached hydrogens (tertiary/aromatic N) is 1. The molecule has 0 aromatic heterocycles. The van der Waals surface area contributed by atoms with E-state index in [0.29, 0.717) is 5.56 Å². The van der Waals surface area contributed by atoms with Crippen LogP contribution < -0.4 is 15.5 Å². The zero-order valence-corrected chi connectivity index (χ0v) is 20.3. The predicted molar refractivity (Wildman–Crippen MR) is 138 cm³/mol. The first-order valence-electron chi connectivity index (χ1n) is 11.5. The maximum atomic E-state index is 12.5. The molecule has 0 unspecified atom stereocenters. The molecule has 7 heteroatoms. The molecule has 2 amide bonds. The number of rotatable bonds is 5. The van der Waals surface area contributed by atoms with Gasteiger partial charge in [-0.2, -0.15) is 0 Å². The van der Waals surface area contributed by atoms with Crippen LogP contribution in [0.1, 0.15) is 49.2 Å². The molecule has 1 heterocycles. The number of benzene rings is 3. The molecule has 3 aromatic carbocycles. The molecule has 2 atom stereocenters. The van der Waals surface area contributed by atoms with Crippen LogP contribution in [0.3, 0.4) is 0 Å². The topological polar surface area (TPSA) is 87.7 Å². The van der Waals surface area contributed by atoms with Gasteiger partial charge in [0.2, 0.25) is 11.8 Å². The van der Waals surface area contributed by atoms with E-state index in [1.165, 1.54) is 14.0 Å². The van der Waals surface area contributed by atoms with Gasteiger partial charge in [0.25, 0.3) is 0 Å². The zero-order valence-electron chi connectivity index (χ0n) is 20.3. The first-order valence-corrected chi connectivity index (χ1v) is 11.5. The lowest BCUT2D eigenvalue weighted by Gasteiger charge is -2.39. The van der Waals surface area contributed by atoms with Gasteiger partial charge in [-0.25, -0.2) is 4.79 Å². The minimum absolute atomic E-state index is 0.0000338. The molecule has 0 spiro atoms. The number of carbonyl (C=O) groups excluding carboxylic acids is 3. The summed E-state index contributed by atoms with van der Waals surface area (Å²) < 4.78 is 4.79. The third kappa shape index (κ3) is 5.19. The molecule has 0 radical (unpaired) electrons. The number of carbonyl (C=O) groups is 3. The van der Waals surface area contributed by atoms with Crippen LogP contribution in [0.2, 0.25) is 0 Å². The van der Waals surface area contributed by atoms with Crippen LogP contribution in [0.5, 0.6) is 0 Å². The van der Waals surface area contributed by atoms with Gasteiger partial charge in [0.05, 0.1) is 18.7 Å². The van der Waals surface area contributed by atoms with Crippen molar-refractivity contribution in [3.63, 3.8) is 0 Å². The van der Waals surface area contributed by atoms with Crippen molar-refractivity contribution in [1.82, 2.24) is 0 Å². The monoisotopic (exact) mass is 471 g/mol. The van der Waals surface area contributed by atoms with Crippen LogP contribution in [-0.2, 0) is 14.3 Å². The summed E-state index contributed by atoms with van der Waals surface area (Å²) in [5.41, 5.74) is 5.93. The molecule has 35 heavy (non-hydrogen) atoms. The summed E-state index contributed by atoms with van der Waals surface area (Å²) in [6.45, 7) is 5.12. The molecule has 2 N–H and O–H groups in total. The largest absolute Gasteiger partial charge is 0.465 e. The highest BCUT2D eigenvalue weighted by molar-refractivity contribution is 5.95. The van der Waals surface area contributed by atoms with Crippen molar-refractivity contribution >= 4 is 34.8 Å². The maximum Gasteiger partial charge on any atom is 0.337 e. The molecule has 0 saturated heterocycles. The van der Waals surface area contributed by atoms with Crippen molar-refractivity contribution in [2.24, 2.45) is 0 Å². The van der Waals surface area contributed by atoms with Crippen molar-refractivity contribution < 1.29 is 19.1 Å². The first kappa shape index (κ1) is 24.0. The third-order valence-corrected chi connectivity index (χ3v) is 6.18. The van der Waals surface area contributed by atoms with E-state index in [9.17, 15) is 14.4 Å².